The number of benzene rings is 1. The zero-order chi connectivity index (χ0) is 19.8. The van der Waals surface area contributed by atoms with Crippen molar-refractivity contribution in [2.75, 3.05) is 31.7 Å². The third-order valence-electron chi connectivity index (χ3n) is 5.47. The first-order chi connectivity index (χ1) is 12.8. The maximum absolute atomic E-state index is 13.4. The summed E-state index contributed by atoms with van der Waals surface area (Å²) in [5.74, 6) is 0.528. The molecule has 1 aromatic rings. The summed E-state index contributed by atoms with van der Waals surface area (Å²) in [5.41, 5.74) is 3.25. The average molecular weight is 393 g/mol. The van der Waals surface area contributed by atoms with Crippen molar-refractivity contribution in [1.29, 1.82) is 0 Å². The van der Waals surface area contributed by atoms with E-state index in [0.29, 0.717) is 38.1 Å². The van der Waals surface area contributed by atoms with Crippen molar-refractivity contribution >= 4 is 23.2 Å². The van der Waals surface area contributed by atoms with E-state index in [1.54, 1.807) is 11.8 Å². The average Bonchev–Trinajstić information content (AvgIpc) is 2.79. The van der Waals surface area contributed by atoms with Crippen LogP contribution in [-0.2, 0) is 9.63 Å². The van der Waals surface area contributed by atoms with Crippen molar-refractivity contribution < 1.29 is 19.9 Å². The van der Waals surface area contributed by atoms with Crippen LogP contribution in [0.15, 0.2) is 17.9 Å². The Hall–Kier alpha value is -1.54. The van der Waals surface area contributed by atoms with Gasteiger partial charge in [-0.05, 0) is 56.6 Å². The first-order valence-electron chi connectivity index (χ1n) is 9.24. The minimum Gasteiger partial charge on any atom is -0.509 e. The van der Waals surface area contributed by atoms with Crippen molar-refractivity contribution in [3.63, 3.8) is 0 Å². The van der Waals surface area contributed by atoms with Crippen molar-refractivity contribution in [2.24, 2.45) is 0 Å². The largest absolute Gasteiger partial charge is 0.509 e. The predicted octanol–water partition coefficient (Wildman–Crippen LogP) is 3.24. The van der Waals surface area contributed by atoms with Crippen LogP contribution in [-0.4, -0.2) is 63.6 Å². The van der Waals surface area contributed by atoms with Crippen LogP contribution < -0.4 is 0 Å². The number of piperidine rings is 1. The molecule has 0 aliphatic carbocycles. The SMILES string of the molecule is CSCCON1C(=O)C(c2c(C)cc(C)cc2C)=C(O)C12CCN(O)CC2. The van der Waals surface area contributed by atoms with Crippen LogP contribution >= 0.6 is 11.8 Å². The van der Waals surface area contributed by atoms with Crippen molar-refractivity contribution in [2.45, 2.75) is 39.2 Å². The number of aryl methyl sites for hydroxylation is 3. The van der Waals surface area contributed by atoms with Crippen LogP contribution in [0.3, 0.4) is 0 Å². The van der Waals surface area contributed by atoms with E-state index in [0.717, 1.165) is 28.0 Å². The summed E-state index contributed by atoms with van der Waals surface area (Å²) in [5, 5.41) is 23.6. The lowest BCUT2D eigenvalue weighted by Crippen LogP contribution is -2.54. The first-order valence-corrected chi connectivity index (χ1v) is 10.6. The molecule has 0 aromatic heterocycles. The molecular formula is C20H28N2O4S. The van der Waals surface area contributed by atoms with Gasteiger partial charge in [0.25, 0.3) is 5.91 Å². The number of amides is 1. The Kier molecular flexibility index (Phi) is 5.86. The quantitative estimate of drug-likeness (QED) is 0.750. The molecule has 1 spiro atoms. The molecule has 0 bridgehead atoms. The molecule has 2 aliphatic heterocycles. The molecule has 1 aromatic carbocycles. The highest BCUT2D eigenvalue weighted by Crippen LogP contribution is 2.46. The molecule has 1 fully saturated rings. The van der Waals surface area contributed by atoms with Gasteiger partial charge in [-0.3, -0.25) is 9.63 Å². The van der Waals surface area contributed by atoms with Gasteiger partial charge in [-0.2, -0.15) is 16.8 Å². The van der Waals surface area contributed by atoms with E-state index in [1.807, 2.05) is 39.2 Å². The number of carbonyl (C=O) groups is 1. The topological polar surface area (TPSA) is 73.2 Å². The van der Waals surface area contributed by atoms with Gasteiger partial charge in [0.1, 0.15) is 11.3 Å². The molecule has 7 heteroatoms. The Bertz CT molecular complexity index is 746. The zero-order valence-electron chi connectivity index (χ0n) is 16.4. The summed E-state index contributed by atoms with van der Waals surface area (Å²) in [6, 6.07) is 4.05. The first kappa shape index (κ1) is 20.2. The molecule has 0 atom stereocenters. The van der Waals surface area contributed by atoms with Crippen molar-refractivity contribution in [3.8, 4) is 0 Å². The number of nitrogens with zero attached hydrogens (tertiary/aromatic N) is 2. The van der Waals surface area contributed by atoms with Crippen molar-refractivity contribution in [1.82, 2.24) is 10.1 Å². The van der Waals surface area contributed by atoms with E-state index in [4.69, 9.17) is 4.84 Å². The van der Waals surface area contributed by atoms with Gasteiger partial charge in [0.15, 0.2) is 0 Å². The van der Waals surface area contributed by atoms with Gasteiger partial charge in [0.05, 0.1) is 12.2 Å². The van der Waals surface area contributed by atoms with Gasteiger partial charge >= 0.3 is 0 Å². The number of hydrogen-bond donors (Lipinski definition) is 2. The van der Waals surface area contributed by atoms with Crippen LogP contribution in [0.2, 0.25) is 0 Å². The fraction of sp³-hybridized carbons (Fsp3) is 0.550. The zero-order valence-corrected chi connectivity index (χ0v) is 17.2. The standard InChI is InChI=1S/C20H28N2O4S/c1-13-11-14(2)16(15(3)12-13)17-18(23)20(5-7-21(25)8-6-20)22(19(17)24)26-9-10-27-4/h11-12,23,25H,5-10H2,1-4H3. The number of rotatable bonds is 5. The van der Waals surface area contributed by atoms with Crippen LogP contribution in [0.1, 0.15) is 35.1 Å². The lowest BCUT2D eigenvalue weighted by molar-refractivity contribution is -0.225. The summed E-state index contributed by atoms with van der Waals surface area (Å²) < 4.78 is 0. The summed E-state index contributed by atoms with van der Waals surface area (Å²) in [6.45, 7) is 7.08. The molecule has 1 amide bonds. The van der Waals surface area contributed by atoms with Crippen molar-refractivity contribution in [3.05, 3.63) is 40.1 Å². The monoisotopic (exact) mass is 392 g/mol. The maximum Gasteiger partial charge on any atom is 0.282 e. The second kappa shape index (κ2) is 7.83. The van der Waals surface area contributed by atoms with Crippen LogP contribution in [0.25, 0.3) is 5.57 Å². The molecule has 0 radical (unpaired) electrons. The smallest absolute Gasteiger partial charge is 0.282 e. The second-order valence-corrected chi connectivity index (χ2v) is 8.39. The summed E-state index contributed by atoms with van der Waals surface area (Å²) in [6.07, 6.45) is 2.83. The van der Waals surface area contributed by atoms with Gasteiger partial charge in [0, 0.05) is 18.8 Å². The number of carbonyl (C=O) groups excluding carboxylic acids is 1. The van der Waals surface area contributed by atoms with Gasteiger partial charge in [-0.25, -0.2) is 5.06 Å². The number of hydrogen-bond acceptors (Lipinski definition) is 6. The third-order valence-corrected chi connectivity index (χ3v) is 6.04. The fourth-order valence-corrected chi connectivity index (χ4v) is 4.47. The number of aliphatic hydroxyl groups is 1. The molecule has 27 heavy (non-hydrogen) atoms. The molecule has 148 valence electrons. The van der Waals surface area contributed by atoms with Gasteiger partial charge < -0.3 is 10.3 Å². The Morgan fingerprint density at radius 1 is 1.19 bits per heavy atom. The highest BCUT2D eigenvalue weighted by atomic mass is 32.2. The molecule has 1 saturated heterocycles. The molecule has 2 heterocycles. The normalized spacial score (nSPS) is 20.2. The molecule has 3 rings (SSSR count). The molecule has 0 unspecified atom stereocenters. The maximum atomic E-state index is 13.4. The third kappa shape index (κ3) is 3.49. The van der Waals surface area contributed by atoms with Crippen LogP contribution in [0.5, 0.6) is 0 Å². The fourth-order valence-electron chi connectivity index (χ4n) is 4.22. The Morgan fingerprint density at radius 3 is 2.33 bits per heavy atom. The lowest BCUT2D eigenvalue weighted by atomic mass is 9.85. The van der Waals surface area contributed by atoms with Gasteiger partial charge in [0.2, 0.25) is 0 Å². The second-order valence-electron chi connectivity index (χ2n) is 7.41. The molecule has 6 nitrogen and oxygen atoms in total. The predicted molar refractivity (Wildman–Crippen MR) is 107 cm³/mol. The summed E-state index contributed by atoms with van der Waals surface area (Å²) in [7, 11) is 0. The number of aliphatic hydroxyl groups excluding tert-OH is 1. The lowest BCUT2D eigenvalue weighted by Gasteiger charge is -2.41. The summed E-state index contributed by atoms with van der Waals surface area (Å²) >= 11 is 1.64. The minimum absolute atomic E-state index is 0.0693. The van der Waals surface area contributed by atoms with E-state index in [9.17, 15) is 15.1 Å². The van der Waals surface area contributed by atoms with E-state index in [1.165, 1.54) is 10.1 Å². The Labute approximate surface area is 164 Å². The Morgan fingerprint density at radius 2 is 1.78 bits per heavy atom. The Balaban J connectivity index is 2.08. The molecular weight excluding hydrogens is 364 g/mol. The number of thioether (sulfide) groups is 1. The molecule has 0 saturated carbocycles. The molecule has 2 N–H and O–H groups in total. The highest BCUT2D eigenvalue weighted by molar-refractivity contribution is 7.98. The van der Waals surface area contributed by atoms with E-state index in [2.05, 4.69) is 0 Å². The van der Waals surface area contributed by atoms with Crippen LogP contribution in [0.4, 0.5) is 0 Å². The number of hydroxylamine groups is 4. The summed E-state index contributed by atoms with van der Waals surface area (Å²) in [4.78, 5) is 19.2. The highest BCUT2D eigenvalue weighted by Gasteiger charge is 2.55. The van der Waals surface area contributed by atoms with E-state index in [-0.39, 0.29) is 11.7 Å². The van der Waals surface area contributed by atoms with Gasteiger partial charge in [-0.1, -0.05) is 17.7 Å². The van der Waals surface area contributed by atoms with Gasteiger partial charge in [-0.15, -0.1) is 0 Å². The van der Waals surface area contributed by atoms with E-state index >= 15 is 0 Å². The minimum atomic E-state index is -0.909. The van der Waals surface area contributed by atoms with Crippen LogP contribution in [0, 0.1) is 20.8 Å². The van der Waals surface area contributed by atoms with E-state index < -0.39 is 5.54 Å². The molecule has 2 aliphatic rings.